The Balaban J connectivity index is 1.76. The zero-order valence-corrected chi connectivity index (χ0v) is 14.2. The van der Waals surface area contributed by atoms with Crippen LogP contribution in [0, 0.1) is 11.3 Å². The molecule has 1 amide bonds. The number of likely N-dealkylation sites (tertiary alicyclic amines) is 1. The van der Waals surface area contributed by atoms with E-state index in [1.54, 1.807) is 4.90 Å². The number of thiazole rings is 1. The van der Waals surface area contributed by atoms with Crippen LogP contribution in [0.5, 0.6) is 0 Å². The van der Waals surface area contributed by atoms with Gasteiger partial charge >= 0.3 is 0 Å². The second-order valence-corrected chi connectivity index (χ2v) is 7.09. The lowest BCUT2D eigenvalue weighted by molar-refractivity contribution is -0.136. The van der Waals surface area contributed by atoms with Crippen LogP contribution in [0.25, 0.3) is 10.2 Å². The zero-order chi connectivity index (χ0) is 16.9. The highest BCUT2D eigenvalue weighted by molar-refractivity contribution is 7.18. The van der Waals surface area contributed by atoms with Gasteiger partial charge in [-0.15, -0.1) is 11.3 Å². The predicted octanol–water partition coefficient (Wildman–Crippen LogP) is 3.27. The third kappa shape index (κ3) is 3.62. The fraction of sp³-hybridized carbons (Fsp3) is 0.444. The van der Waals surface area contributed by atoms with Crippen molar-refractivity contribution < 1.29 is 9.59 Å². The molecule has 0 bridgehead atoms. The lowest BCUT2D eigenvalue weighted by Crippen LogP contribution is -2.38. The standard InChI is InChI=1S/C18H19N3O2S/c19-11-13(18-20-14-7-4-5-8-16(14)24-18)15(22)12-21-10-6-2-1-3-9-17(21)23/h4-5,7-8,13H,1-3,6,9-10,12H2. The molecular formula is C18H19N3O2S. The van der Waals surface area contributed by atoms with Gasteiger partial charge in [0.15, 0.2) is 11.7 Å². The van der Waals surface area contributed by atoms with Crippen molar-refractivity contribution in [3.63, 3.8) is 0 Å². The number of rotatable bonds is 4. The highest BCUT2D eigenvalue weighted by Crippen LogP contribution is 2.28. The Kier molecular flexibility index (Phi) is 5.21. The molecule has 0 radical (unpaired) electrons. The number of hydrogen-bond acceptors (Lipinski definition) is 5. The average Bonchev–Trinajstić information content (AvgIpc) is 2.99. The van der Waals surface area contributed by atoms with Crippen LogP contribution in [0.1, 0.15) is 43.0 Å². The molecule has 124 valence electrons. The molecule has 6 heteroatoms. The topological polar surface area (TPSA) is 74.1 Å². The molecule has 0 aliphatic carbocycles. The maximum atomic E-state index is 12.6. The number of hydrogen-bond donors (Lipinski definition) is 0. The van der Waals surface area contributed by atoms with E-state index in [0.29, 0.717) is 18.0 Å². The smallest absolute Gasteiger partial charge is 0.222 e. The van der Waals surface area contributed by atoms with E-state index >= 15 is 0 Å². The summed E-state index contributed by atoms with van der Waals surface area (Å²) in [7, 11) is 0. The molecule has 0 N–H and O–H groups in total. The lowest BCUT2D eigenvalue weighted by Gasteiger charge is -2.24. The summed E-state index contributed by atoms with van der Waals surface area (Å²) in [6.45, 7) is 0.607. The van der Waals surface area contributed by atoms with Crippen molar-refractivity contribution in [3.8, 4) is 6.07 Å². The summed E-state index contributed by atoms with van der Waals surface area (Å²) in [6, 6.07) is 9.66. The number of ketones is 1. The van der Waals surface area contributed by atoms with E-state index < -0.39 is 5.92 Å². The van der Waals surface area contributed by atoms with E-state index in [1.165, 1.54) is 11.3 Å². The molecule has 2 aromatic rings. The molecule has 1 aromatic carbocycles. The Bertz CT molecular complexity index is 760. The van der Waals surface area contributed by atoms with E-state index in [2.05, 4.69) is 11.1 Å². The Morgan fingerprint density at radius 2 is 2.08 bits per heavy atom. The first-order valence-corrected chi connectivity index (χ1v) is 9.06. The highest BCUT2D eigenvalue weighted by atomic mass is 32.1. The Hall–Kier alpha value is -2.26. The number of para-hydroxylation sites is 1. The lowest BCUT2D eigenvalue weighted by atomic mass is 10.0. The summed E-state index contributed by atoms with van der Waals surface area (Å²) < 4.78 is 0.961. The van der Waals surface area contributed by atoms with Gasteiger partial charge in [0.05, 0.1) is 22.8 Å². The summed E-state index contributed by atoms with van der Waals surface area (Å²) in [6.07, 6.45) is 4.43. The van der Waals surface area contributed by atoms with Crippen molar-refractivity contribution in [2.24, 2.45) is 0 Å². The third-order valence-corrected chi connectivity index (χ3v) is 5.38. The van der Waals surface area contributed by atoms with Gasteiger partial charge in [-0.05, 0) is 25.0 Å². The minimum absolute atomic E-state index is 0.00693. The van der Waals surface area contributed by atoms with Crippen LogP contribution in [-0.2, 0) is 9.59 Å². The molecule has 24 heavy (non-hydrogen) atoms. The van der Waals surface area contributed by atoms with Crippen LogP contribution >= 0.6 is 11.3 Å². The molecule has 1 atom stereocenters. The summed E-state index contributed by atoms with van der Waals surface area (Å²) in [4.78, 5) is 30.8. The Labute approximate surface area is 144 Å². The van der Waals surface area contributed by atoms with Gasteiger partial charge < -0.3 is 4.90 Å². The van der Waals surface area contributed by atoms with Crippen LogP contribution in [0.2, 0.25) is 0 Å². The molecule has 1 aromatic heterocycles. The van der Waals surface area contributed by atoms with Crippen molar-refractivity contribution >= 4 is 33.2 Å². The van der Waals surface area contributed by atoms with Gasteiger partial charge in [-0.25, -0.2) is 4.98 Å². The molecule has 1 unspecified atom stereocenters. The molecule has 1 aliphatic heterocycles. The fourth-order valence-corrected chi connectivity index (χ4v) is 3.98. The second-order valence-electron chi connectivity index (χ2n) is 6.03. The van der Waals surface area contributed by atoms with Gasteiger partial charge in [0.1, 0.15) is 5.01 Å². The Morgan fingerprint density at radius 1 is 1.29 bits per heavy atom. The highest BCUT2D eigenvalue weighted by Gasteiger charge is 2.27. The van der Waals surface area contributed by atoms with Gasteiger partial charge in [0, 0.05) is 13.0 Å². The number of carbonyl (C=O) groups is 2. The fourth-order valence-electron chi connectivity index (χ4n) is 2.94. The molecule has 2 heterocycles. The van der Waals surface area contributed by atoms with E-state index in [1.807, 2.05) is 24.3 Å². The molecular weight excluding hydrogens is 322 g/mol. The molecule has 1 aliphatic rings. The van der Waals surface area contributed by atoms with Gasteiger partial charge in [0.2, 0.25) is 5.91 Å². The predicted molar refractivity (Wildman–Crippen MR) is 92.6 cm³/mol. The number of nitriles is 1. The van der Waals surface area contributed by atoms with Gasteiger partial charge in [-0.3, -0.25) is 9.59 Å². The minimum atomic E-state index is -0.902. The van der Waals surface area contributed by atoms with Crippen molar-refractivity contribution in [2.75, 3.05) is 13.1 Å². The van der Waals surface area contributed by atoms with Gasteiger partial charge in [0.25, 0.3) is 0 Å². The van der Waals surface area contributed by atoms with E-state index in [-0.39, 0.29) is 18.2 Å². The van der Waals surface area contributed by atoms with E-state index in [0.717, 1.165) is 35.9 Å². The van der Waals surface area contributed by atoms with Crippen molar-refractivity contribution in [1.29, 1.82) is 5.26 Å². The molecule has 3 rings (SSSR count). The summed E-state index contributed by atoms with van der Waals surface area (Å²) in [5.74, 6) is -1.13. The van der Waals surface area contributed by atoms with Crippen molar-refractivity contribution in [2.45, 2.75) is 38.0 Å². The summed E-state index contributed by atoms with van der Waals surface area (Å²) in [5.41, 5.74) is 0.799. The molecule has 1 saturated heterocycles. The minimum Gasteiger partial charge on any atom is -0.335 e. The van der Waals surface area contributed by atoms with Crippen molar-refractivity contribution in [3.05, 3.63) is 29.3 Å². The number of amides is 1. The largest absolute Gasteiger partial charge is 0.335 e. The van der Waals surface area contributed by atoms with Gasteiger partial charge in [-0.2, -0.15) is 5.26 Å². The molecule has 0 spiro atoms. The monoisotopic (exact) mass is 341 g/mol. The first-order chi connectivity index (χ1) is 11.7. The zero-order valence-electron chi connectivity index (χ0n) is 13.4. The van der Waals surface area contributed by atoms with Crippen LogP contribution in [-0.4, -0.2) is 34.7 Å². The first kappa shape index (κ1) is 16.6. The number of Topliss-reactive ketones (excluding diaryl/α,β-unsaturated/α-hetero) is 1. The normalized spacial score (nSPS) is 17.1. The number of benzene rings is 1. The number of carbonyl (C=O) groups excluding carboxylic acids is 2. The SMILES string of the molecule is N#CC(C(=O)CN1CCCCCCC1=O)c1nc2ccccc2s1. The summed E-state index contributed by atoms with van der Waals surface area (Å²) in [5, 5.41) is 9.98. The quantitative estimate of drug-likeness (QED) is 0.855. The maximum Gasteiger partial charge on any atom is 0.222 e. The van der Waals surface area contributed by atoms with E-state index in [4.69, 9.17) is 0 Å². The molecule has 5 nitrogen and oxygen atoms in total. The van der Waals surface area contributed by atoms with Crippen LogP contribution in [0.3, 0.4) is 0 Å². The first-order valence-electron chi connectivity index (χ1n) is 8.24. The molecule has 0 saturated carbocycles. The van der Waals surface area contributed by atoms with Crippen LogP contribution < -0.4 is 0 Å². The molecule has 1 fully saturated rings. The Morgan fingerprint density at radius 3 is 2.88 bits per heavy atom. The number of fused-ring (bicyclic) bond motifs is 1. The van der Waals surface area contributed by atoms with E-state index in [9.17, 15) is 14.9 Å². The van der Waals surface area contributed by atoms with Crippen molar-refractivity contribution in [1.82, 2.24) is 9.88 Å². The third-order valence-electron chi connectivity index (χ3n) is 4.28. The summed E-state index contributed by atoms with van der Waals surface area (Å²) >= 11 is 1.37. The number of aromatic nitrogens is 1. The average molecular weight is 341 g/mol. The van der Waals surface area contributed by atoms with Gasteiger partial charge in [-0.1, -0.05) is 25.0 Å². The van der Waals surface area contributed by atoms with Crippen LogP contribution in [0.15, 0.2) is 24.3 Å². The maximum absolute atomic E-state index is 12.6. The van der Waals surface area contributed by atoms with Crippen LogP contribution in [0.4, 0.5) is 0 Å². The number of nitrogens with zero attached hydrogens (tertiary/aromatic N) is 3. The second kappa shape index (κ2) is 7.54.